The molecule has 0 rings (SSSR count). The fraction of sp³-hybridized carbons (Fsp3) is 0.625. The SMILES string of the molecule is CC(=O)O.CC(C)=O.CCO.O=CO. The Morgan fingerprint density at radius 3 is 1.21 bits per heavy atom. The lowest BCUT2D eigenvalue weighted by Crippen LogP contribution is -1.78. The molecule has 0 fully saturated rings. The third kappa shape index (κ3) is 473. The Kier molecular flexibility index (Phi) is 49.0. The van der Waals surface area contributed by atoms with Gasteiger partial charge in [-0.15, -0.1) is 0 Å². The lowest BCUT2D eigenvalue weighted by atomic mass is 10.6. The number of rotatable bonds is 0. The number of carbonyl (C=O) groups is 3. The van der Waals surface area contributed by atoms with E-state index in [2.05, 4.69) is 0 Å². The summed E-state index contributed by atoms with van der Waals surface area (Å²) >= 11 is 0. The van der Waals surface area contributed by atoms with E-state index < -0.39 is 5.97 Å². The van der Waals surface area contributed by atoms with Crippen molar-refractivity contribution in [3.8, 4) is 0 Å². The number of ketones is 1. The van der Waals surface area contributed by atoms with E-state index in [1.807, 2.05) is 0 Å². The Morgan fingerprint density at radius 2 is 1.21 bits per heavy atom. The average Bonchev–Trinajstić information content (AvgIpc) is 1.85. The summed E-state index contributed by atoms with van der Waals surface area (Å²) in [6.45, 7) is 5.82. The minimum atomic E-state index is -0.833. The van der Waals surface area contributed by atoms with Gasteiger partial charge >= 0.3 is 0 Å². The van der Waals surface area contributed by atoms with E-state index in [0.717, 1.165) is 6.92 Å². The van der Waals surface area contributed by atoms with Crippen LogP contribution >= 0.6 is 0 Å². The first-order valence-electron chi connectivity index (χ1n) is 3.65. The quantitative estimate of drug-likeness (QED) is 0.498. The topological polar surface area (TPSA) is 112 Å². The van der Waals surface area contributed by atoms with Crippen molar-refractivity contribution in [1.82, 2.24) is 0 Å². The Bertz CT molecular complexity index is 112. The number of aliphatic hydroxyl groups excluding tert-OH is 1. The lowest BCUT2D eigenvalue weighted by Gasteiger charge is -1.59. The van der Waals surface area contributed by atoms with Crippen molar-refractivity contribution in [2.45, 2.75) is 27.7 Å². The van der Waals surface area contributed by atoms with Crippen LogP contribution in [0.25, 0.3) is 0 Å². The normalized spacial score (nSPS) is 5.79. The predicted molar refractivity (Wildman–Crippen MR) is 51.1 cm³/mol. The summed E-state index contributed by atoms with van der Waals surface area (Å²) < 4.78 is 0. The molecule has 86 valence electrons. The van der Waals surface area contributed by atoms with Crippen molar-refractivity contribution < 1.29 is 29.7 Å². The molecule has 0 atom stereocenters. The van der Waals surface area contributed by atoms with E-state index >= 15 is 0 Å². The molecule has 3 N–H and O–H groups in total. The van der Waals surface area contributed by atoms with Crippen LogP contribution in [0.4, 0.5) is 0 Å². The summed E-state index contributed by atoms with van der Waals surface area (Å²) in [5.74, 6) is -0.667. The van der Waals surface area contributed by atoms with Gasteiger partial charge in [0.15, 0.2) is 0 Å². The van der Waals surface area contributed by atoms with Crippen LogP contribution in [-0.2, 0) is 14.4 Å². The second-order valence-electron chi connectivity index (χ2n) is 1.85. The monoisotopic (exact) mass is 210 g/mol. The maximum absolute atomic E-state index is 9.44. The smallest absolute Gasteiger partial charge is 0.300 e. The van der Waals surface area contributed by atoms with Crippen molar-refractivity contribution >= 4 is 18.2 Å². The molecule has 0 spiro atoms. The molecule has 0 aromatic carbocycles. The summed E-state index contributed by atoms with van der Waals surface area (Å²) in [7, 11) is 0. The van der Waals surface area contributed by atoms with Crippen LogP contribution in [0.15, 0.2) is 0 Å². The maximum atomic E-state index is 9.44. The standard InChI is InChI=1S/C3H6O.C2H4O2.C2H6O.CH2O2/c1-3(2)4;1-2(3)4;1-2-3;2-1-3/h1-2H3;1H3,(H,3,4);3H,2H2,1H3;1H,(H,2,3). The van der Waals surface area contributed by atoms with Gasteiger partial charge in [-0.25, -0.2) is 0 Å². The first kappa shape index (κ1) is 22.9. The minimum absolute atomic E-state index is 0.167. The molecule has 0 unspecified atom stereocenters. The molecule has 0 bridgehead atoms. The Balaban J connectivity index is -0.0000000482. The van der Waals surface area contributed by atoms with Crippen LogP contribution < -0.4 is 0 Å². The summed E-state index contributed by atoms with van der Waals surface area (Å²) in [4.78, 5) is 26.8. The van der Waals surface area contributed by atoms with Crippen LogP contribution in [0.3, 0.4) is 0 Å². The molecule has 0 aromatic rings. The third-order valence-electron chi connectivity index (χ3n) is 0. The van der Waals surface area contributed by atoms with Crippen molar-refractivity contribution in [3.63, 3.8) is 0 Å². The average molecular weight is 210 g/mol. The zero-order chi connectivity index (χ0) is 12.6. The number of hydrogen-bond acceptors (Lipinski definition) is 4. The Morgan fingerprint density at radius 1 is 1.21 bits per heavy atom. The van der Waals surface area contributed by atoms with Crippen LogP contribution in [0.1, 0.15) is 27.7 Å². The summed E-state index contributed by atoms with van der Waals surface area (Å²) in [6.07, 6.45) is 0. The molecule has 6 heteroatoms. The largest absolute Gasteiger partial charge is 0.483 e. The number of aliphatic hydroxyl groups is 1. The highest BCUT2D eigenvalue weighted by Crippen LogP contribution is 1.50. The van der Waals surface area contributed by atoms with Gasteiger partial charge in [0.25, 0.3) is 12.4 Å². The molecule has 0 radical (unpaired) electrons. The van der Waals surface area contributed by atoms with Crippen molar-refractivity contribution in [1.29, 1.82) is 0 Å². The van der Waals surface area contributed by atoms with E-state index in [1.54, 1.807) is 6.92 Å². The van der Waals surface area contributed by atoms with Gasteiger partial charge in [0.2, 0.25) is 0 Å². The van der Waals surface area contributed by atoms with E-state index in [0.29, 0.717) is 0 Å². The molecule has 0 saturated carbocycles. The molecule has 0 saturated heterocycles. The van der Waals surface area contributed by atoms with Gasteiger partial charge in [0.1, 0.15) is 5.78 Å². The summed E-state index contributed by atoms with van der Waals surface area (Å²) in [5.41, 5.74) is 0. The van der Waals surface area contributed by atoms with Gasteiger partial charge in [-0.2, -0.15) is 0 Å². The summed E-state index contributed by atoms with van der Waals surface area (Å²) in [6, 6.07) is 0. The first-order valence-corrected chi connectivity index (χ1v) is 3.65. The van der Waals surface area contributed by atoms with E-state index in [1.165, 1.54) is 13.8 Å². The van der Waals surface area contributed by atoms with E-state index in [4.69, 9.17) is 24.9 Å². The van der Waals surface area contributed by atoms with Crippen LogP contribution in [0.5, 0.6) is 0 Å². The van der Waals surface area contributed by atoms with Gasteiger partial charge in [-0.3, -0.25) is 9.59 Å². The first-order chi connectivity index (χ1) is 6.29. The second-order valence-corrected chi connectivity index (χ2v) is 1.85. The van der Waals surface area contributed by atoms with E-state index in [9.17, 15) is 4.79 Å². The van der Waals surface area contributed by atoms with Gasteiger partial charge < -0.3 is 20.1 Å². The van der Waals surface area contributed by atoms with Gasteiger partial charge in [0.05, 0.1) is 0 Å². The van der Waals surface area contributed by atoms with Crippen LogP contribution in [0, 0.1) is 0 Å². The van der Waals surface area contributed by atoms with Crippen molar-refractivity contribution in [2.24, 2.45) is 0 Å². The van der Waals surface area contributed by atoms with Gasteiger partial charge in [0, 0.05) is 13.5 Å². The molecule has 6 nitrogen and oxygen atoms in total. The molecule has 0 aliphatic heterocycles. The van der Waals surface area contributed by atoms with Crippen LogP contribution in [0.2, 0.25) is 0 Å². The third-order valence-corrected chi connectivity index (χ3v) is 0. The molecule has 0 aliphatic rings. The number of aliphatic carboxylic acids is 1. The number of carboxylic acid groups (broad SMARTS) is 2. The van der Waals surface area contributed by atoms with Crippen molar-refractivity contribution in [2.75, 3.05) is 6.61 Å². The highest BCUT2D eigenvalue weighted by atomic mass is 16.4. The Labute approximate surface area is 83.2 Å². The predicted octanol–water partition coefficient (Wildman–Crippen LogP) is 0.386. The molecule has 0 heterocycles. The minimum Gasteiger partial charge on any atom is -0.483 e. The van der Waals surface area contributed by atoms with E-state index in [-0.39, 0.29) is 18.9 Å². The molecular weight excluding hydrogens is 192 g/mol. The summed E-state index contributed by atoms with van der Waals surface area (Å²) in [5, 5.41) is 21.9. The number of hydrogen-bond donors (Lipinski definition) is 3. The van der Waals surface area contributed by atoms with Gasteiger partial charge in [-0.1, -0.05) is 0 Å². The zero-order valence-corrected chi connectivity index (χ0v) is 8.85. The maximum Gasteiger partial charge on any atom is 0.300 e. The molecule has 0 aliphatic carbocycles. The highest BCUT2D eigenvalue weighted by molar-refractivity contribution is 5.72. The second kappa shape index (κ2) is 29.9. The molecule has 0 aromatic heterocycles. The molecule has 0 amide bonds. The number of Topliss-reactive ketones (excluding diaryl/α,β-unsaturated/α-hetero) is 1. The molecular formula is C8H18O6. The van der Waals surface area contributed by atoms with Crippen LogP contribution in [-0.4, -0.2) is 40.2 Å². The number of carbonyl (C=O) groups excluding carboxylic acids is 1. The van der Waals surface area contributed by atoms with Gasteiger partial charge in [-0.05, 0) is 20.8 Å². The lowest BCUT2D eigenvalue weighted by molar-refractivity contribution is -0.134. The fourth-order valence-electron chi connectivity index (χ4n) is 0. The zero-order valence-electron chi connectivity index (χ0n) is 8.85. The fourth-order valence-corrected chi connectivity index (χ4v) is 0. The number of carboxylic acids is 1. The van der Waals surface area contributed by atoms with Crippen molar-refractivity contribution in [3.05, 3.63) is 0 Å². The highest BCUT2D eigenvalue weighted by Gasteiger charge is 1.65. The Hall–Kier alpha value is -1.43. The molecule has 14 heavy (non-hydrogen) atoms.